The minimum atomic E-state index is -0.0510. The summed E-state index contributed by atoms with van der Waals surface area (Å²) >= 11 is 6.08. The van der Waals surface area contributed by atoms with Crippen molar-refractivity contribution in [1.29, 1.82) is 0 Å². The van der Waals surface area contributed by atoms with Crippen molar-refractivity contribution in [1.82, 2.24) is 9.88 Å². The zero-order chi connectivity index (χ0) is 12.4. The number of pyridine rings is 1. The van der Waals surface area contributed by atoms with E-state index in [-0.39, 0.29) is 5.91 Å². The van der Waals surface area contributed by atoms with Crippen molar-refractivity contribution in [3.05, 3.63) is 41.2 Å². The van der Waals surface area contributed by atoms with Gasteiger partial charge in [-0.1, -0.05) is 17.7 Å². The molecular weight excluding hydrogens is 236 g/mol. The van der Waals surface area contributed by atoms with Crippen molar-refractivity contribution < 1.29 is 4.79 Å². The Labute approximate surface area is 106 Å². The molecule has 1 aliphatic rings. The molecule has 0 saturated heterocycles. The van der Waals surface area contributed by atoms with Gasteiger partial charge in [0.2, 0.25) is 0 Å². The van der Waals surface area contributed by atoms with Crippen LogP contribution in [0, 0.1) is 6.92 Å². The second-order valence-electron chi connectivity index (χ2n) is 4.28. The number of carbonyl (C=O) groups is 1. The quantitative estimate of drug-likeness (QED) is 0.770. The fraction of sp³-hybridized carbons (Fsp3) is 0.385. The second-order valence-corrected chi connectivity index (χ2v) is 4.69. The molecule has 1 amide bonds. The number of aryl methyl sites for hydroxylation is 1. The van der Waals surface area contributed by atoms with E-state index in [1.807, 2.05) is 11.8 Å². The number of hydrogen-bond donors (Lipinski definition) is 0. The molecule has 0 atom stereocenters. The van der Waals surface area contributed by atoms with E-state index >= 15 is 0 Å². The molecule has 0 spiro atoms. The number of aromatic nitrogens is 1. The summed E-state index contributed by atoms with van der Waals surface area (Å²) in [5.74, 6) is -0.0510. The van der Waals surface area contributed by atoms with Crippen LogP contribution in [0.25, 0.3) is 0 Å². The van der Waals surface area contributed by atoms with Crippen molar-refractivity contribution in [2.24, 2.45) is 0 Å². The minimum absolute atomic E-state index is 0.0510. The molecule has 2 rings (SSSR count). The molecule has 90 valence electrons. The summed E-state index contributed by atoms with van der Waals surface area (Å²) in [6.45, 7) is 6.09. The van der Waals surface area contributed by atoms with Crippen LogP contribution in [0.2, 0.25) is 5.02 Å². The molecule has 1 aliphatic carbocycles. The molecule has 17 heavy (non-hydrogen) atoms. The van der Waals surface area contributed by atoms with Crippen LogP contribution >= 0.6 is 11.6 Å². The Hall–Kier alpha value is -1.35. The van der Waals surface area contributed by atoms with Gasteiger partial charge in [0.05, 0.1) is 10.6 Å². The topological polar surface area (TPSA) is 33.2 Å². The molecule has 1 aromatic heterocycles. The molecule has 0 aromatic carbocycles. The summed E-state index contributed by atoms with van der Waals surface area (Å²) < 4.78 is 0. The summed E-state index contributed by atoms with van der Waals surface area (Å²) in [6.07, 6.45) is 5.43. The third-order valence-corrected chi connectivity index (χ3v) is 3.11. The lowest BCUT2D eigenvalue weighted by Gasteiger charge is -2.21. The van der Waals surface area contributed by atoms with Gasteiger partial charge >= 0.3 is 0 Å². The lowest BCUT2D eigenvalue weighted by atomic mass is 10.2. The first-order valence-corrected chi connectivity index (χ1v) is 6.05. The van der Waals surface area contributed by atoms with E-state index in [1.165, 1.54) is 0 Å². The van der Waals surface area contributed by atoms with Gasteiger partial charge in [-0.25, -0.2) is 0 Å². The first kappa shape index (κ1) is 12.1. The third-order valence-electron chi connectivity index (χ3n) is 2.79. The van der Waals surface area contributed by atoms with Gasteiger partial charge in [0.1, 0.15) is 0 Å². The van der Waals surface area contributed by atoms with E-state index in [2.05, 4.69) is 11.6 Å². The van der Waals surface area contributed by atoms with E-state index in [0.29, 0.717) is 23.2 Å². The lowest BCUT2D eigenvalue weighted by molar-refractivity contribution is 0.0762. The van der Waals surface area contributed by atoms with Crippen molar-refractivity contribution >= 4 is 17.5 Å². The number of halogens is 1. The van der Waals surface area contributed by atoms with Crippen LogP contribution in [0.3, 0.4) is 0 Å². The van der Waals surface area contributed by atoms with Gasteiger partial charge in [-0.2, -0.15) is 0 Å². The summed E-state index contributed by atoms with van der Waals surface area (Å²) in [6, 6.07) is 2.06. The number of hydrogen-bond acceptors (Lipinski definition) is 2. The van der Waals surface area contributed by atoms with Crippen molar-refractivity contribution in [3.63, 3.8) is 0 Å². The van der Waals surface area contributed by atoms with Crippen molar-refractivity contribution in [2.75, 3.05) is 6.54 Å². The Morgan fingerprint density at radius 1 is 1.71 bits per heavy atom. The molecule has 0 unspecified atom stereocenters. The molecule has 1 saturated carbocycles. The zero-order valence-corrected chi connectivity index (χ0v) is 10.6. The molecular formula is C13H15ClN2O. The molecule has 1 heterocycles. The molecule has 3 nitrogen and oxygen atoms in total. The highest BCUT2D eigenvalue weighted by molar-refractivity contribution is 6.33. The average molecular weight is 251 g/mol. The normalized spacial score (nSPS) is 14.5. The Kier molecular flexibility index (Phi) is 3.48. The number of rotatable bonds is 4. The van der Waals surface area contributed by atoms with E-state index in [0.717, 1.165) is 18.5 Å². The molecule has 0 N–H and O–H groups in total. The lowest BCUT2D eigenvalue weighted by Crippen LogP contribution is -2.33. The molecule has 4 heteroatoms. The summed E-state index contributed by atoms with van der Waals surface area (Å²) in [7, 11) is 0. The van der Waals surface area contributed by atoms with Gasteiger partial charge in [0.25, 0.3) is 5.91 Å². The fourth-order valence-corrected chi connectivity index (χ4v) is 2.05. The summed E-state index contributed by atoms with van der Waals surface area (Å²) in [5.41, 5.74) is 1.29. The van der Waals surface area contributed by atoms with Crippen LogP contribution in [0.5, 0.6) is 0 Å². The number of nitrogens with zero attached hydrogens (tertiary/aromatic N) is 2. The Morgan fingerprint density at radius 2 is 2.41 bits per heavy atom. The highest BCUT2D eigenvalue weighted by Gasteiger charge is 2.33. The minimum Gasteiger partial charge on any atom is -0.332 e. The molecule has 0 aliphatic heterocycles. The van der Waals surface area contributed by atoms with Crippen LogP contribution in [-0.4, -0.2) is 28.4 Å². The summed E-state index contributed by atoms with van der Waals surface area (Å²) in [5, 5.41) is 0.470. The molecule has 0 bridgehead atoms. The van der Waals surface area contributed by atoms with Gasteiger partial charge in [-0.3, -0.25) is 9.78 Å². The van der Waals surface area contributed by atoms with Gasteiger partial charge < -0.3 is 4.90 Å². The van der Waals surface area contributed by atoms with Crippen LogP contribution < -0.4 is 0 Å². The van der Waals surface area contributed by atoms with E-state index in [4.69, 9.17) is 11.6 Å². The molecule has 1 aromatic rings. The molecule has 1 fully saturated rings. The predicted molar refractivity (Wildman–Crippen MR) is 68.2 cm³/mol. The maximum atomic E-state index is 12.3. The highest BCUT2D eigenvalue weighted by Crippen LogP contribution is 2.29. The third kappa shape index (κ3) is 2.67. The largest absolute Gasteiger partial charge is 0.332 e. The Balaban J connectivity index is 2.24. The first-order chi connectivity index (χ1) is 8.13. The average Bonchev–Trinajstić information content (AvgIpc) is 3.09. The number of amides is 1. The van der Waals surface area contributed by atoms with Gasteiger partial charge in [-0.05, 0) is 25.8 Å². The van der Waals surface area contributed by atoms with Crippen molar-refractivity contribution in [3.8, 4) is 0 Å². The fourth-order valence-electron chi connectivity index (χ4n) is 1.76. The maximum Gasteiger partial charge on any atom is 0.257 e. The monoisotopic (exact) mass is 250 g/mol. The van der Waals surface area contributed by atoms with E-state index in [1.54, 1.807) is 18.3 Å². The SMILES string of the molecule is C=CCN(C(=O)c1cnc(C)cc1Cl)C1CC1. The van der Waals surface area contributed by atoms with Crippen molar-refractivity contribution in [2.45, 2.75) is 25.8 Å². The Bertz CT molecular complexity index is 455. The second kappa shape index (κ2) is 4.88. The van der Waals surface area contributed by atoms with Gasteiger partial charge in [0.15, 0.2) is 0 Å². The van der Waals surface area contributed by atoms with E-state index < -0.39 is 0 Å². The predicted octanol–water partition coefficient (Wildman–Crippen LogP) is 2.83. The van der Waals surface area contributed by atoms with Crippen LogP contribution in [0.15, 0.2) is 24.9 Å². The smallest absolute Gasteiger partial charge is 0.257 e. The van der Waals surface area contributed by atoms with Crippen LogP contribution in [0.4, 0.5) is 0 Å². The van der Waals surface area contributed by atoms with Gasteiger partial charge in [0, 0.05) is 24.5 Å². The Morgan fingerprint density at radius 3 is 2.94 bits per heavy atom. The standard InChI is InChI=1S/C13H15ClN2O/c1-3-6-16(10-4-5-10)13(17)11-8-15-9(2)7-12(11)14/h3,7-8,10H,1,4-6H2,2H3. The summed E-state index contributed by atoms with van der Waals surface area (Å²) in [4.78, 5) is 18.2. The molecule has 0 radical (unpaired) electrons. The highest BCUT2D eigenvalue weighted by atomic mass is 35.5. The number of carbonyl (C=O) groups excluding carboxylic acids is 1. The first-order valence-electron chi connectivity index (χ1n) is 5.67. The maximum absolute atomic E-state index is 12.3. The van der Waals surface area contributed by atoms with Gasteiger partial charge in [-0.15, -0.1) is 6.58 Å². The zero-order valence-electron chi connectivity index (χ0n) is 9.82. The van der Waals surface area contributed by atoms with Crippen LogP contribution in [0.1, 0.15) is 28.9 Å². The van der Waals surface area contributed by atoms with Crippen LogP contribution in [-0.2, 0) is 0 Å². The van der Waals surface area contributed by atoms with E-state index in [9.17, 15) is 4.79 Å².